The lowest BCUT2D eigenvalue weighted by Gasteiger charge is -2.47. The molecule has 2 heterocycles. The fourth-order valence-electron chi connectivity index (χ4n) is 3.85. The number of rotatable bonds is 2. The van der Waals surface area contributed by atoms with Gasteiger partial charge in [-0.05, 0) is 25.2 Å². The molecule has 0 spiro atoms. The van der Waals surface area contributed by atoms with Gasteiger partial charge in [-0.25, -0.2) is 0 Å². The Bertz CT molecular complexity index is 585. The Morgan fingerprint density at radius 1 is 1.24 bits per heavy atom. The van der Waals surface area contributed by atoms with E-state index in [0.717, 1.165) is 5.70 Å². The molecule has 2 aliphatic heterocycles. The highest BCUT2D eigenvalue weighted by atomic mass is 16.2. The summed E-state index contributed by atoms with van der Waals surface area (Å²) < 4.78 is 0. The lowest BCUT2D eigenvalue weighted by molar-refractivity contribution is -0.142. The van der Waals surface area contributed by atoms with Crippen LogP contribution in [-0.4, -0.2) is 28.4 Å². The monoisotopic (exact) mass is 287 g/mol. The summed E-state index contributed by atoms with van der Waals surface area (Å²) in [6.07, 6.45) is 7.31. The molecule has 3 atom stereocenters. The molecule has 0 aromatic heterocycles. The van der Waals surface area contributed by atoms with Gasteiger partial charge in [-0.2, -0.15) is 0 Å². The average molecular weight is 287 g/mol. The van der Waals surface area contributed by atoms with Crippen LogP contribution in [0.25, 0.3) is 0 Å². The molecule has 0 N–H and O–H groups in total. The zero-order valence-corrected chi connectivity index (χ0v) is 12.8. The summed E-state index contributed by atoms with van der Waals surface area (Å²) in [5.41, 5.74) is 0.652. The van der Waals surface area contributed by atoms with Crippen molar-refractivity contribution in [3.63, 3.8) is 0 Å². The molecular formula is C17H21NO3. The van der Waals surface area contributed by atoms with Gasteiger partial charge in [0.05, 0.1) is 12.0 Å². The third-order valence-electron chi connectivity index (χ3n) is 4.79. The molecule has 0 radical (unpaired) electrons. The van der Waals surface area contributed by atoms with E-state index in [1.165, 1.54) is 0 Å². The number of carbonyl (C=O) groups is 3. The van der Waals surface area contributed by atoms with Crippen LogP contribution in [0.3, 0.4) is 0 Å². The predicted octanol–water partition coefficient (Wildman–Crippen LogP) is 2.25. The molecule has 1 fully saturated rings. The Balaban J connectivity index is 1.98. The van der Waals surface area contributed by atoms with E-state index < -0.39 is 0 Å². The van der Waals surface area contributed by atoms with Gasteiger partial charge in [-0.1, -0.05) is 26.0 Å². The molecule has 2 aliphatic carbocycles. The number of allylic oxidation sites excluding steroid dienone is 2. The Morgan fingerprint density at radius 2 is 1.95 bits per heavy atom. The van der Waals surface area contributed by atoms with Crippen LogP contribution >= 0.6 is 0 Å². The van der Waals surface area contributed by atoms with Crippen molar-refractivity contribution in [3.8, 4) is 0 Å². The molecule has 4 rings (SSSR count). The normalized spacial score (nSPS) is 34.1. The molecule has 1 saturated heterocycles. The van der Waals surface area contributed by atoms with E-state index in [4.69, 9.17) is 0 Å². The van der Waals surface area contributed by atoms with Crippen LogP contribution in [0.15, 0.2) is 23.9 Å². The Kier molecular flexibility index (Phi) is 3.15. The second kappa shape index (κ2) is 4.65. The SMILES string of the molecule is CC(=O)[C@@H]1C[C@H]2C=C[C@@H]1N(C1=CC(=O)CC(C)(C)C1)C2=O. The van der Waals surface area contributed by atoms with E-state index in [9.17, 15) is 14.4 Å². The number of Topliss-reactive ketones (excluding diaryl/α,β-unsaturated/α-hetero) is 1. The molecule has 0 unspecified atom stereocenters. The second-order valence-corrected chi connectivity index (χ2v) is 7.26. The van der Waals surface area contributed by atoms with Gasteiger partial charge in [-0.15, -0.1) is 0 Å². The summed E-state index contributed by atoms with van der Waals surface area (Å²) in [6, 6.07) is -0.215. The first-order valence-electron chi connectivity index (χ1n) is 7.54. The molecule has 4 nitrogen and oxygen atoms in total. The number of hydrogen-bond donors (Lipinski definition) is 0. The van der Waals surface area contributed by atoms with Gasteiger partial charge in [0, 0.05) is 24.1 Å². The molecule has 0 saturated carbocycles. The number of fused-ring (bicyclic) bond motifs is 2. The predicted molar refractivity (Wildman–Crippen MR) is 78.2 cm³/mol. The largest absolute Gasteiger partial charge is 0.308 e. The van der Waals surface area contributed by atoms with Crippen LogP contribution in [0.4, 0.5) is 0 Å². The standard InChI is InChI=1S/C17H21NO3/c1-10(19)14-6-11-4-5-15(14)18(16(11)21)12-7-13(20)9-17(2,3)8-12/h4-5,7,11,14-15H,6,8-9H2,1-3H3/t11-,14+,15+/m1/s1. The fourth-order valence-corrected chi connectivity index (χ4v) is 3.85. The lowest BCUT2D eigenvalue weighted by atomic mass is 9.73. The van der Waals surface area contributed by atoms with Crippen LogP contribution in [0, 0.1) is 17.3 Å². The van der Waals surface area contributed by atoms with E-state index in [1.807, 2.05) is 26.0 Å². The van der Waals surface area contributed by atoms with Gasteiger partial charge in [0.1, 0.15) is 5.78 Å². The quantitative estimate of drug-likeness (QED) is 0.732. The zero-order chi connectivity index (χ0) is 15.4. The van der Waals surface area contributed by atoms with Gasteiger partial charge >= 0.3 is 0 Å². The summed E-state index contributed by atoms with van der Waals surface area (Å²) in [6.45, 7) is 5.68. The highest BCUT2D eigenvalue weighted by molar-refractivity contribution is 5.94. The minimum atomic E-state index is -0.218. The molecule has 4 aliphatic rings. The first kappa shape index (κ1) is 14.2. The smallest absolute Gasteiger partial charge is 0.234 e. The minimum absolute atomic E-state index is 0.0387. The summed E-state index contributed by atoms with van der Waals surface area (Å²) in [5, 5.41) is 0. The third kappa shape index (κ3) is 2.37. The molecular weight excluding hydrogens is 266 g/mol. The van der Waals surface area contributed by atoms with Crippen molar-refractivity contribution < 1.29 is 14.4 Å². The van der Waals surface area contributed by atoms with E-state index in [0.29, 0.717) is 19.3 Å². The molecule has 112 valence electrons. The van der Waals surface area contributed by atoms with Crippen LogP contribution in [0.1, 0.15) is 40.0 Å². The highest BCUT2D eigenvalue weighted by Crippen LogP contribution is 2.42. The van der Waals surface area contributed by atoms with Gasteiger partial charge in [-0.3, -0.25) is 14.4 Å². The number of ketones is 2. The number of nitrogens with zero attached hydrogens (tertiary/aromatic N) is 1. The topological polar surface area (TPSA) is 54.5 Å². The van der Waals surface area contributed by atoms with E-state index >= 15 is 0 Å². The minimum Gasteiger partial charge on any atom is -0.308 e. The lowest BCUT2D eigenvalue weighted by Crippen LogP contribution is -2.55. The van der Waals surface area contributed by atoms with Gasteiger partial charge in [0.25, 0.3) is 0 Å². The summed E-state index contributed by atoms with van der Waals surface area (Å²) in [4.78, 5) is 38.1. The summed E-state index contributed by atoms with van der Waals surface area (Å²) in [7, 11) is 0. The van der Waals surface area contributed by atoms with Crippen LogP contribution in [-0.2, 0) is 14.4 Å². The van der Waals surface area contributed by atoms with Crippen molar-refractivity contribution in [3.05, 3.63) is 23.9 Å². The van der Waals surface area contributed by atoms with E-state index in [1.54, 1.807) is 17.9 Å². The zero-order valence-electron chi connectivity index (χ0n) is 12.8. The highest BCUT2D eigenvalue weighted by Gasteiger charge is 2.47. The molecule has 0 aromatic carbocycles. The Labute approximate surface area is 124 Å². The van der Waals surface area contributed by atoms with Crippen molar-refractivity contribution in [2.75, 3.05) is 0 Å². The van der Waals surface area contributed by atoms with E-state index in [2.05, 4.69) is 0 Å². The molecule has 1 amide bonds. The fraction of sp³-hybridized carbons (Fsp3) is 0.588. The number of amides is 1. The van der Waals surface area contributed by atoms with Gasteiger partial charge in [0.15, 0.2) is 5.78 Å². The van der Waals surface area contributed by atoms with E-state index in [-0.39, 0.29) is 40.8 Å². The van der Waals surface area contributed by atoms with Crippen LogP contribution in [0.5, 0.6) is 0 Å². The van der Waals surface area contributed by atoms with Crippen LogP contribution in [0.2, 0.25) is 0 Å². The number of hydrogen-bond acceptors (Lipinski definition) is 3. The molecule has 0 aromatic rings. The maximum atomic E-state index is 12.6. The maximum absolute atomic E-state index is 12.6. The van der Waals surface area contributed by atoms with Gasteiger partial charge < -0.3 is 4.90 Å². The Morgan fingerprint density at radius 3 is 2.57 bits per heavy atom. The van der Waals surface area contributed by atoms with Crippen LogP contribution < -0.4 is 0 Å². The van der Waals surface area contributed by atoms with Crippen molar-refractivity contribution in [2.45, 2.75) is 46.1 Å². The number of piperidine rings is 1. The van der Waals surface area contributed by atoms with Crippen molar-refractivity contribution in [1.29, 1.82) is 0 Å². The second-order valence-electron chi connectivity index (χ2n) is 7.26. The van der Waals surface area contributed by atoms with Crippen molar-refractivity contribution >= 4 is 17.5 Å². The summed E-state index contributed by atoms with van der Waals surface area (Å²) in [5.74, 6) is -0.131. The third-order valence-corrected chi connectivity index (χ3v) is 4.79. The number of carbonyl (C=O) groups excluding carboxylic acids is 3. The molecule has 2 bridgehead atoms. The maximum Gasteiger partial charge on any atom is 0.234 e. The van der Waals surface area contributed by atoms with Crippen molar-refractivity contribution in [1.82, 2.24) is 4.90 Å². The molecule has 21 heavy (non-hydrogen) atoms. The molecule has 4 heteroatoms. The Hall–Kier alpha value is -1.71. The van der Waals surface area contributed by atoms with Gasteiger partial charge in [0.2, 0.25) is 5.91 Å². The first-order valence-corrected chi connectivity index (χ1v) is 7.54. The van der Waals surface area contributed by atoms with Crippen molar-refractivity contribution in [2.24, 2.45) is 17.3 Å². The summed E-state index contributed by atoms with van der Waals surface area (Å²) >= 11 is 0. The first-order chi connectivity index (χ1) is 9.78. The average Bonchev–Trinajstić information content (AvgIpc) is 2.36.